The van der Waals surface area contributed by atoms with Crippen molar-refractivity contribution in [1.29, 1.82) is 0 Å². The molecule has 0 saturated heterocycles. The van der Waals surface area contributed by atoms with Gasteiger partial charge in [0, 0.05) is 6.54 Å². The van der Waals surface area contributed by atoms with Gasteiger partial charge in [-0.3, -0.25) is 10.2 Å². The van der Waals surface area contributed by atoms with Crippen LogP contribution in [0.15, 0.2) is 0 Å². The molecular formula is C10H20N2O4. The van der Waals surface area contributed by atoms with Crippen LogP contribution in [0.1, 0.15) is 27.7 Å². The summed E-state index contributed by atoms with van der Waals surface area (Å²) in [6.45, 7) is 7.58. The van der Waals surface area contributed by atoms with E-state index in [0.29, 0.717) is 6.54 Å². The molecule has 0 radical (unpaired) electrons. The van der Waals surface area contributed by atoms with E-state index in [4.69, 9.17) is 4.74 Å². The van der Waals surface area contributed by atoms with Crippen molar-refractivity contribution in [1.82, 2.24) is 10.4 Å². The number of nitrogens with one attached hydrogen (secondary N) is 1. The van der Waals surface area contributed by atoms with Crippen LogP contribution in [-0.4, -0.2) is 42.9 Å². The summed E-state index contributed by atoms with van der Waals surface area (Å²) in [6.07, 6.45) is -0.585. The van der Waals surface area contributed by atoms with Crippen LogP contribution < -0.4 is 5.43 Å². The van der Waals surface area contributed by atoms with Crippen LogP contribution in [0.25, 0.3) is 0 Å². The molecule has 6 heteroatoms. The normalized spacial score (nSPS) is 11.1. The zero-order valence-electron chi connectivity index (χ0n) is 10.5. The Labute approximate surface area is 95.9 Å². The predicted molar refractivity (Wildman–Crippen MR) is 58.6 cm³/mol. The molecular weight excluding hydrogens is 212 g/mol. The fourth-order valence-electron chi connectivity index (χ4n) is 0.881. The van der Waals surface area contributed by atoms with Crippen molar-refractivity contribution in [3.05, 3.63) is 0 Å². The monoisotopic (exact) mass is 232 g/mol. The summed E-state index contributed by atoms with van der Waals surface area (Å²) < 4.78 is 9.53. The first-order valence-corrected chi connectivity index (χ1v) is 5.10. The molecule has 0 aliphatic heterocycles. The van der Waals surface area contributed by atoms with E-state index in [0.717, 1.165) is 0 Å². The number of amides is 1. The van der Waals surface area contributed by atoms with Crippen molar-refractivity contribution in [3.63, 3.8) is 0 Å². The Morgan fingerprint density at radius 3 is 2.25 bits per heavy atom. The van der Waals surface area contributed by atoms with Gasteiger partial charge in [-0.2, -0.15) is 0 Å². The minimum atomic E-state index is -0.585. The first kappa shape index (κ1) is 14.7. The van der Waals surface area contributed by atoms with Gasteiger partial charge in [0.2, 0.25) is 0 Å². The maximum absolute atomic E-state index is 11.4. The average Bonchev–Trinajstić information content (AvgIpc) is 2.13. The van der Waals surface area contributed by atoms with Gasteiger partial charge < -0.3 is 9.47 Å². The van der Waals surface area contributed by atoms with Crippen LogP contribution in [0.3, 0.4) is 0 Å². The smallest absolute Gasteiger partial charge is 0.422 e. The summed E-state index contributed by atoms with van der Waals surface area (Å²) >= 11 is 0. The number of methoxy groups -OCH3 is 1. The van der Waals surface area contributed by atoms with Gasteiger partial charge in [-0.05, 0) is 20.8 Å². The largest absolute Gasteiger partial charge is 0.468 e. The molecule has 0 aromatic carbocycles. The average molecular weight is 232 g/mol. The van der Waals surface area contributed by atoms with Gasteiger partial charge in [0.1, 0.15) is 12.1 Å². The topological polar surface area (TPSA) is 67.9 Å². The van der Waals surface area contributed by atoms with Crippen LogP contribution in [0.2, 0.25) is 0 Å². The van der Waals surface area contributed by atoms with Crippen LogP contribution >= 0.6 is 0 Å². The zero-order chi connectivity index (χ0) is 12.8. The molecule has 0 aliphatic rings. The molecule has 0 aliphatic carbocycles. The lowest BCUT2D eigenvalue weighted by Gasteiger charge is -2.24. The van der Waals surface area contributed by atoms with E-state index >= 15 is 0 Å². The molecule has 0 bridgehead atoms. The second-order valence-corrected chi connectivity index (χ2v) is 4.20. The van der Waals surface area contributed by atoms with Crippen molar-refractivity contribution in [3.8, 4) is 0 Å². The van der Waals surface area contributed by atoms with Crippen molar-refractivity contribution in [2.45, 2.75) is 33.3 Å². The van der Waals surface area contributed by atoms with E-state index in [1.54, 1.807) is 27.7 Å². The molecule has 1 N–H and O–H groups in total. The predicted octanol–water partition coefficient (Wildman–Crippen LogP) is 0.921. The number of hydrogen-bond acceptors (Lipinski definition) is 5. The van der Waals surface area contributed by atoms with Crippen LogP contribution in [0, 0.1) is 0 Å². The number of esters is 1. The fourth-order valence-corrected chi connectivity index (χ4v) is 0.881. The lowest BCUT2D eigenvalue weighted by molar-refractivity contribution is -0.142. The third kappa shape index (κ3) is 7.05. The maximum Gasteiger partial charge on any atom is 0.422 e. The highest BCUT2D eigenvalue weighted by Gasteiger charge is 2.18. The molecule has 0 aromatic heterocycles. The Hall–Kier alpha value is -1.30. The Bertz CT molecular complexity index is 248. The summed E-state index contributed by atoms with van der Waals surface area (Å²) in [5.41, 5.74) is 1.90. The van der Waals surface area contributed by atoms with Gasteiger partial charge in [-0.15, -0.1) is 0 Å². The van der Waals surface area contributed by atoms with Gasteiger partial charge in [0.15, 0.2) is 0 Å². The van der Waals surface area contributed by atoms with E-state index in [-0.39, 0.29) is 6.54 Å². The lowest BCUT2D eigenvalue weighted by atomic mass is 10.2. The molecule has 0 spiro atoms. The minimum Gasteiger partial charge on any atom is -0.468 e. The number of ether oxygens (including phenoxy) is 2. The molecule has 1 amide bonds. The summed E-state index contributed by atoms with van der Waals surface area (Å²) in [5, 5.41) is 1.42. The van der Waals surface area contributed by atoms with E-state index in [9.17, 15) is 9.59 Å². The number of likely N-dealkylation sites (N-methyl/N-ethyl adjacent to an activating group) is 1. The van der Waals surface area contributed by atoms with E-state index < -0.39 is 17.7 Å². The third-order valence-electron chi connectivity index (χ3n) is 1.58. The van der Waals surface area contributed by atoms with Crippen LogP contribution in [0.4, 0.5) is 4.79 Å². The highest BCUT2D eigenvalue weighted by molar-refractivity contribution is 5.72. The lowest BCUT2D eigenvalue weighted by Crippen LogP contribution is -2.47. The number of hydrogen-bond donors (Lipinski definition) is 1. The first-order valence-electron chi connectivity index (χ1n) is 5.10. The summed E-state index contributed by atoms with van der Waals surface area (Å²) in [7, 11) is 1.30. The standard InChI is InChI=1S/C10H20N2O4/c1-6-12(7-8(13)15-5)11-9(14)16-10(2,3)4/h6-7H2,1-5H3,(H,11,14). The van der Waals surface area contributed by atoms with Gasteiger partial charge >= 0.3 is 12.1 Å². The Morgan fingerprint density at radius 1 is 1.31 bits per heavy atom. The van der Waals surface area contributed by atoms with Crippen molar-refractivity contribution < 1.29 is 19.1 Å². The SMILES string of the molecule is CCN(CC(=O)OC)NC(=O)OC(C)(C)C. The molecule has 0 rings (SSSR count). The Balaban J connectivity index is 4.12. The summed E-state index contributed by atoms with van der Waals surface area (Å²) in [6, 6.07) is 0. The number of rotatable bonds is 4. The number of carbonyl (C=O) groups excluding carboxylic acids is 2. The Morgan fingerprint density at radius 2 is 1.88 bits per heavy atom. The quantitative estimate of drug-likeness (QED) is 0.576. The molecule has 16 heavy (non-hydrogen) atoms. The summed E-state index contributed by atoms with van der Waals surface area (Å²) in [5.74, 6) is -0.419. The highest BCUT2D eigenvalue weighted by atomic mass is 16.6. The summed E-state index contributed by atoms with van der Waals surface area (Å²) in [4.78, 5) is 22.4. The zero-order valence-corrected chi connectivity index (χ0v) is 10.5. The van der Waals surface area contributed by atoms with Gasteiger partial charge in [0.05, 0.1) is 7.11 Å². The molecule has 0 fully saturated rings. The third-order valence-corrected chi connectivity index (χ3v) is 1.58. The van der Waals surface area contributed by atoms with Gasteiger partial charge in [-0.25, -0.2) is 9.80 Å². The first-order chi connectivity index (χ1) is 7.28. The van der Waals surface area contributed by atoms with Crippen molar-refractivity contribution in [2.75, 3.05) is 20.2 Å². The van der Waals surface area contributed by atoms with Crippen LogP contribution in [-0.2, 0) is 14.3 Å². The molecule has 0 atom stereocenters. The molecule has 0 saturated carbocycles. The van der Waals surface area contributed by atoms with Crippen LogP contribution in [0.5, 0.6) is 0 Å². The molecule has 94 valence electrons. The molecule has 0 aromatic rings. The van der Waals surface area contributed by atoms with E-state index in [1.165, 1.54) is 12.1 Å². The molecule has 0 heterocycles. The van der Waals surface area contributed by atoms with Gasteiger partial charge in [-0.1, -0.05) is 6.92 Å². The Kier molecular flexibility index (Phi) is 5.81. The van der Waals surface area contributed by atoms with Crippen molar-refractivity contribution in [2.24, 2.45) is 0 Å². The van der Waals surface area contributed by atoms with Crippen molar-refractivity contribution >= 4 is 12.1 Å². The number of nitrogens with zero attached hydrogens (tertiary/aromatic N) is 1. The highest BCUT2D eigenvalue weighted by Crippen LogP contribution is 2.06. The van der Waals surface area contributed by atoms with Gasteiger partial charge in [0.25, 0.3) is 0 Å². The fraction of sp³-hybridized carbons (Fsp3) is 0.800. The second-order valence-electron chi connectivity index (χ2n) is 4.20. The molecule has 0 unspecified atom stereocenters. The number of hydrazine groups is 1. The maximum atomic E-state index is 11.4. The van der Waals surface area contributed by atoms with E-state index in [1.807, 2.05) is 0 Å². The minimum absolute atomic E-state index is 0.00770. The molecule has 6 nitrogen and oxygen atoms in total. The van der Waals surface area contributed by atoms with E-state index in [2.05, 4.69) is 10.2 Å². The number of carbonyl (C=O) groups is 2. The second kappa shape index (κ2) is 6.32.